The molecule has 1 fully saturated rings. The maximum absolute atomic E-state index is 8.02. The van der Waals surface area contributed by atoms with Crippen LogP contribution in [0.4, 0.5) is 0 Å². The molecule has 2 atom stereocenters. The van der Waals surface area contributed by atoms with E-state index >= 15 is 0 Å². The molecule has 2 aromatic carbocycles. The van der Waals surface area contributed by atoms with Crippen LogP contribution in [0.15, 0.2) is 60.7 Å². The highest BCUT2D eigenvalue weighted by molar-refractivity contribution is 5.14. The first kappa shape index (κ1) is 13.1. The molecule has 0 N–H and O–H groups in total. The average Bonchev–Trinajstić information content (AvgIpc) is 3.18. The molecule has 0 aromatic heterocycles. The molecule has 21 heavy (non-hydrogen) atoms. The third-order valence-electron chi connectivity index (χ3n) is 3.75. The van der Waals surface area contributed by atoms with Crippen LogP contribution in [0, 0.1) is 11.8 Å². The molecule has 0 unspecified atom stereocenters. The molecular formula is C19H22O2. The summed E-state index contributed by atoms with van der Waals surface area (Å²) in [5, 5.41) is 0. The van der Waals surface area contributed by atoms with E-state index in [0.29, 0.717) is 38.3 Å². The first-order valence-electron chi connectivity index (χ1n) is 8.08. The Morgan fingerprint density at radius 3 is 1.62 bits per heavy atom. The van der Waals surface area contributed by atoms with Crippen molar-refractivity contribution < 1.29 is 10.8 Å². The van der Waals surface area contributed by atoms with E-state index in [9.17, 15) is 0 Å². The predicted molar refractivity (Wildman–Crippen MR) is 83.8 cm³/mol. The van der Waals surface area contributed by atoms with Gasteiger partial charge in [0.25, 0.3) is 0 Å². The van der Waals surface area contributed by atoms with E-state index in [-0.39, 0.29) is 6.40 Å². The summed E-state index contributed by atoms with van der Waals surface area (Å²) < 4.78 is 19.5. The molecule has 0 aliphatic heterocycles. The van der Waals surface area contributed by atoms with Gasteiger partial charge < -0.3 is 9.47 Å². The Hall–Kier alpha value is -1.64. The molecule has 1 aliphatic rings. The van der Waals surface area contributed by atoms with Crippen LogP contribution in [-0.4, -0.2) is 13.2 Å². The Morgan fingerprint density at radius 2 is 1.19 bits per heavy atom. The summed E-state index contributed by atoms with van der Waals surface area (Å²) in [5.41, 5.74) is 2.36. The zero-order valence-electron chi connectivity index (χ0n) is 13.2. The predicted octanol–water partition coefficient (Wildman–Crippen LogP) is 4.06. The van der Waals surface area contributed by atoms with E-state index in [1.807, 2.05) is 36.4 Å². The van der Waals surface area contributed by atoms with Gasteiger partial charge in [0.05, 0.1) is 26.4 Å². The maximum Gasteiger partial charge on any atom is 0.0717 e. The number of benzene rings is 2. The van der Waals surface area contributed by atoms with Crippen molar-refractivity contribution in [1.29, 1.82) is 0 Å². The van der Waals surface area contributed by atoms with E-state index in [1.165, 1.54) is 11.1 Å². The van der Waals surface area contributed by atoms with Crippen LogP contribution in [-0.2, 0) is 22.7 Å². The number of hydrogen-bond acceptors (Lipinski definition) is 2. The van der Waals surface area contributed by atoms with Crippen molar-refractivity contribution >= 4 is 0 Å². The molecule has 1 saturated carbocycles. The number of rotatable bonds is 8. The van der Waals surface area contributed by atoms with Crippen LogP contribution < -0.4 is 0 Å². The quantitative estimate of drug-likeness (QED) is 0.727. The molecule has 0 amide bonds. The van der Waals surface area contributed by atoms with Crippen molar-refractivity contribution in [2.24, 2.45) is 11.8 Å². The molecule has 3 rings (SSSR count). The van der Waals surface area contributed by atoms with E-state index in [1.54, 1.807) is 0 Å². The molecule has 0 radical (unpaired) electrons. The van der Waals surface area contributed by atoms with Gasteiger partial charge in [-0.1, -0.05) is 60.7 Å². The second kappa shape index (κ2) is 7.39. The monoisotopic (exact) mass is 283 g/mol. The second-order valence-corrected chi connectivity index (χ2v) is 5.52. The number of hydrogen-bond donors (Lipinski definition) is 0. The topological polar surface area (TPSA) is 18.5 Å². The minimum atomic E-state index is -0.0356. The molecule has 0 spiro atoms. The summed E-state index contributed by atoms with van der Waals surface area (Å²) in [7, 11) is 0. The van der Waals surface area contributed by atoms with Gasteiger partial charge in [-0.15, -0.1) is 0 Å². The van der Waals surface area contributed by atoms with Crippen molar-refractivity contribution in [3.63, 3.8) is 0 Å². The first-order chi connectivity index (χ1) is 10.8. The van der Waals surface area contributed by atoms with E-state index < -0.39 is 0 Å². The van der Waals surface area contributed by atoms with E-state index in [2.05, 4.69) is 24.3 Å². The molecule has 2 heteroatoms. The Balaban J connectivity index is 1.33. The largest absolute Gasteiger partial charge is 0.376 e. The van der Waals surface area contributed by atoms with Gasteiger partial charge in [0.2, 0.25) is 0 Å². The fourth-order valence-corrected chi connectivity index (χ4v) is 2.39. The van der Waals surface area contributed by atoms with Gasteiger partial charge in [-0.25, -0.2) is 0 Å². The Labute approximate surface area is 128 Å². The summed E-state index contributed by atoms with van der Waals surface area (Å²) in [6.45, 7) is 2.56. The normalized spacial score (nSPS) is 24.6. The van der Waals surface area contributed by atoms with E-state index in [4.69, 9.17) is 10.8 Å². The maximum atomic E-state index is 8.02. The van der Waals surface area contributed by atoms with E-state index in [0.717, 1.165) is 0 Å². The summed E-state index contributed by atoms with van der Waals surface area (Å²) in [5.74, 6) is 0.638. The van der Waals surface area contributed by atoms with Crippen molar-refractivity contribution in [3.05, 3.63) is 71.8 Å². The number of ether oxygens (including phenoxy) is 2. The molecule has 0 heterocycles. The fraction of sp³-hybridized carbons (Fsp3) is 0.368. The molecule has 0 saturated heterocycles. The average molecular weight is 283 g/mol. The van der Waals surface area contributed by atoms with Crippen molar-refractivity contribution in [1.82, 2.24) is 0 Å². The molecular weight excluding hydrogens is 260 g/mol. The lowest BCUT2D eigenvalue weighted by molar-refractivity contribution is 0.0840. The lowest BCUT2D eigenvalue weighted by atomic mass is 10.2. The van der Waals surface area contributed by atoms with Crippen molar-refractivity contribution in [2.75, 3.05) is 13.2 Å². The van der Waals surface area contributed by atoms with Gasteiger partial charge in [0.1, 0.15) is 0 Å². The van der Waals surface area contributed by atoms with Crippen LogP contribution in [0.5, 0.6) is 0 Å². The highest BCUT2D eigenvalue weighted by atomic mass is 16.5. The molecule has 1 aliphatic carbocycles. The summed E-state index contributed by atoms with van der Waals surface area (Å²) >= 11 is 0. The lowest BCUT2D eigenvalue weighted by Gasteiger charge is -2.05. The van der Waals surface area contributed by atoms with Crippen LogP contribution in [0.2, 0.25) is 0 Å². The minimum Gasteiger partial charge on any atom is -0.376 e. The summed E-state index contributed by atoms with van der Waals surface area (Å²) in [6, 6.07) is 20.3. The summed E-state index contributed by atoms with van der Waals surface area (Å²) in [4.78, 5) is 0. The standard InChI is InChI=1S/C19H22O2/c1-3-7-16(8-4-1)12-20-14-18-11-19(18)15-21-13-17-9-5-2-6-10-17/h1-10,18-19H,11-15H2/t18-,19-/m1/s1/i11D. The van der Waals surface area contributed by atoms with Gasteiger partial charge in [-0.05, 0) is 29.4 Å². The fourth-order valence-electron chi connectivity index (χ4n) is 2.39. The summed E-state index contributed by atoms with van der Waals surface area (Å²) in [6.07, 6.45) is -0.0356. The first-order valence-corrected chi connectivity index (χ1v) is 7.50. The lowest BCUT2D eigenvalue weighted by Crippen LogP contribution is -2.03. The molecule has 2 aromatic rings. The third kappa shape index (κ3) is 4.69. The van der Waals surface area contributed by atoms with Crippen LogP contribution >= 0.6 is 0 Å². The molecule has 2 nitrogen and oxygen atoms in total. The van der Waals surface area contributed by atoms with Crippen LogP contribution in [0.25, 0.3) is 0 Å². The van der Waals surface area contributed by atoms with Gasteiger partial charge in [0.15, 0.2) is 0 Å². The Bertz CT molecular complexity index is 507. The highest BCUT2D eigenvalue weighted by Crippen LogP contribution is 2.39. The Kier molecular flexibility index (Phi) is 4.59. The minimum absolute atomic E-state index is 0.0356. The van der Waals surface area contributed by atoms with Gasteiger partial charge in [-0.2, -0.15) is 0 Å². The van der Waals surface area contributed by atoms with Crippen LogP contribution in [0.1, 0.15) is 18.9 Å². The highest BCUT2D eigenvalue weighted by Gasteiger charge is 2.37. The molecule has 110 valence electrons. The van der Waals surface area contributed by atoms with Crippen molar-refractivity contribution in [3.8, 4) is 0 Å². The third-order valence-corrected chi connectivity index (χ3v) is 3.75. The SMILES string of the molecule is [2H]C1[C@H](COCc2ccccc2)[C@H]1COCc1ccccc1. The zero-order chi connectivity index (χ0) is 15.2. The van der Waals surface area contributed by atoms with Gasteiger partial charge >= 0.3 is 0 Å². The van der Waals surface area contributed by atoms with Gasteiger partial charge in [0, 0.05) is 1.37 Å². The smallest absolute Gasteiger partial charge is 0.0717 e. The van der Waals surface area contributed by atoms with Gasteiger partial charge in [-0.3, -0.25) is 0 Å². The Morgan fingerprint density at radius 1 is 0.762 bits per heavy atom. The zero-order valence-corrected chi connectivity index (χ0v) is 12.2. The molecule has 0 bridgehead atoms. The van der Waals surface area contributed by atoms with Crippen LogP contribution in [0.3, 0.4) is 0 Å². The second-order valence-electron chi connectivity index (χ2n) is 5.52. The van der Waals surface area contributed by atoms with Crippen molar-refractivity contribution in [2.45, 2.75) is 19.6 Å².